The van der Waals surface area contributed by atoms with Crippen molar-refractivity contribution in [1.29, 1.82) is 0 Å². The van der Waals surface area contributed by atoms with Crippen LogP contribution in [0.2, 0.25) is 0 Å². The Hall–Kier alpha value is -0.850. The van der Waals surface area contributed by atoms with Gasteiger partial charge < -0.3 is 20.3 Å². The zero-order chi connectivity index (χ0) is 12.3. The molecule has 0 bridgehead atoms. The third-order valence-electron chi connectivity index (χ3n) is 2.12. The first-order valence-electron chi connectivity index (χ1n) is 4.60. The van der Waals surface area contributed by atoms with Gasteiger partial charge in [-0.05, 0) is 23.0 Å². The van der Waals surface area contributed by atoms with Gasteiger partial charge in [-0.2, -0.15) is 0 Å². The minimum absolute atomic E-state index is 0.0593. The minimum Gasteiger partial charge on any atom is -0.504 e. The Bertz CT molecular complexity index is 387. The van der Waals surface area contributed by atoms with Gasteiger partial charge in [0.05, 0.1) is 17.7 Å². The van der Waals surface area contributed by atoms with Crippen molar-refractivity contribution in [1.82, 2.24) is 5.32 Å². The van der Waals surface area contributed by atoms with E-state index < -0.39 is 11.9 Å². The minimum atomic E-state index is -1.02. The quantitative estimate of drug-likeness (QED) is 0.788. The van der Waals surface area contributed by atoms with Crippen LogP contribution in [-0.2, 0) is 0 Å². The number of aromatic hydroxyl groups is 1. The molecule has 0 saturated heterocycles. The number of phenols is 1. The van der Waals surface area contributed by atoms with Crippen molar-refractivity contribution >= 4 is 15.9 Å². The van der Waals surface area contributed by atoms with Gasteiger partial charge in [-0.1, -0.05) is 0 Å². The van der Waals surface area contributed by atoms with E-state index in [2.05, 4.69) is 21.2 Å². The summed E-state index contributed by atoms with van der Waals surface area (Å²) in [5.41, 5.74) is 0.0593. The van der Waals surface area contributed by atoms with Crippen molar-refractivity contribution in [2.75, 3.05) is 20.7 Å². The van der Waals surface area contributed by atoms with E-state index in [-0.39, 0.29) is 28.1 Å². The van der Waals surface area contributed by atoms with E-state index >= 15 is 0 Å². The lowest BCUT2D eigenvalue weighted by Gasteiger charge is -2.16. The molecule has 1 aromatic rings. The molecule has 16 heavy (non-hydrogen) atoms. The maximum absolute atomic E-state index is 13.6. The standard InChI is InChI=1S/C10H13BrFNO3/c1-13-4-7(15)8-5(12)3-6(14)10(16-2)9(8)11/h3,7,13-15H,4H2,1-2H3. The molecule has 1 unspecified atom stereocenters. The Morgan fingerprint density at radius 1 is 1.62 bits per heavy atom. The highest BCUT2D eigenvalue weighted by molar-refractivity contribution is 9.10. The average molecular weight is 294 g/mol. The van der Waals surface area contributed by atoms with Gasteiger partial charge in [-0.25, -0.2) is 4.39 Å². The highest BCUT2D eigenvalue weighted by atomic mass is 79.9. The zero-order valence-electron chi connectivity index (χ0n) is 8.92. The topological polar surface area (TPSA) is 61.7 Å². The number of aliphatic hydroxyl groups is 1. The predicted molar refractivity (Wildman–Crippen MR) is 61.2 cm³/mol. The molecule has 4 nitrogen and oxygen atoms in total. The highest BCUT2D eigenvalue weighted by Crippen LogP contribution is 2.40. The molecule has 1 aromatic carbocycles. The van der Waals surface area contributed by atoms with Crippen LogP contribution in [0.1, 0.15) is 11.7 Å². The Morgan fingerprint density at radius 3 is 2.75 bits per heavy atom. The van der Waals surface area contributed by atoms with Crippen LogP contribution in [-0.4, -0.2) is 30.9 Å². The molecule has 3 N–H and O–H groups in total. The molecule has 0 spiro atoms. The zero-order valence-corrected chi connectivity index (χ0v) is 10.5. The largest absolute Gasteiger partial charge is 0.504 e. The summed E-state index contributed by atoms with van der Waals surface area (Å²) in [6.45, 7) is 0.198. The second-order valence-corrected chi connectivity index (χ2v) is 4.00. The molecule has 0 aliphatic rings. The number of halogens is 2. The summed E-state index contributed by atoms with van der Waals surface area (Å²) in [4.78, 5) is 0. The van der Waals surface area contributed by atoms with E-state index in [0.29, 0.717) is 0 Å². The summed E-state index contributed by atoms with van der Waals surface area (Å²) in [6, 6.07) is 0.914. The summed E-state index contributed by atoms with van der Waals surface area (Å²) in [7, 11) is 3.00. The van der Waals surface area contributed by atoms with Crippen molar-refractivity contribution in [2.24, 2.45) is 0 Å². The first-order valence-corrected chi connectivity index (χ1v) is 5.39. The second-order valence-electron chi connectivity index (χ2n) is 3.21. The Labute approximate surface area is 101 Å². The molecule has 0 aliphatic carbocycles. The Kier molecular flexibility index (Phi) is 4.52. The third-order valence-corrected chi connectivity index (χ3v) is 2.91. The summed E-state index contributed by atoms with van der Waals surface area (Å²) in [5, 5.41) is 21.9. The van der Waals surface area contributed by atoms with E-state index in [4.69, 9.17) is 4.74 Å². The first-order chi connectivity index (χ1) is 7.52. The second kappa shape index (κ2) is 5.47. The van der Waals surface area contributed by atoms with Crippen molar-refractivity contribution in [3.63, 3.8) is 0 Å². The molecule has 1 rings (SSSR count). The number of phenolic OH excluding ortho intramolecular Hbond substituents is 1. The van der Waals surface area contributed by atoms with E-state index in [9.17, 15) is 14.6 Å². The lowest BCUT2D eigenvalue weighted by molar-refractivity contribution is 0.171. The SMILES string of the molecule is CNCC(O)c1c(F)cc(O)c(OC)c1Br. The van der Waals surface area contributed by atoms with Crippen LogP contribution in [0, 0.1) is 5.82 Å². The number of aliphatic hydroxyl groups excluding tert-OH is 1. The normalized spacial score (nSPS) is 12.6. The van der Waals surface area contributed by atoms with Crippen LogP contribution in [0.4, 0.5) is 4.39 Å². The molecule has 0 fully saturated rings. The van der Waals surface area contributed by atoms with Crippen LogP contribution in [0.3, 0.4) is 0 Å². The lowest BCUT2D eigenvalue weighted by Crippen LogP contribution is -2.18. The van der Waals surface area contributed by atoms with Gasteiger partial charge in [0.25, 0.3) is 0 Å². The summed E-state index contributed by atoms with van der Waals surface area (Å²) in [5.74, 6) is -0.897. The molecule has 0 radical (unpaired) electrons. The fraction of sp³-hybridized carbons (Fsp3) is 0.400. The van der Waals surface area contributed by atoms with Gasteiger partial charge >= 0.3 is 0 Å². The number of methoxy groups -OCH3 is 1. The molecule has 0 saturated carbocycles. The molecule has 0 aliphatic heterocycles. The van der Waals surface area contributed by atoms with Crippen LogP contribution in [0.5, 0.6) is 11.5 Å². The van der Waals surface area contributed by atoms with Crippen molar-refractivity contribution in [3.8, 4) is 11.5 Å². The first kappa shape index (κ1) is 13.2. The maximum Gasteiger partial charge on any atom is 0.175 e. The number of likely N-dealkylation sites (N-methyl/N-ethyl adjacent to an activating group) is 1. The molecule has 0 amide bonds. The maximum atomic E-state index is 13.6. The van der Waals surface area contributed by atoms with Crippen molar-refractivity contribution in [3.05, 3.63) is 21.9 Å². The molecule has 0 heterocycles. The smallest absolute Gasteiger partial charge is 0.175 e. The van der Waals surface area contributed by atoms with Crippen LogP contribution in [0.25, 0.3) is 0 Å². The number of hydrogen-bond donors (Lipinski definition) is 3. The van der Waals surface area contributed by atoms with Gasteiger partial charge in [0, 0.05) is 18.2 Å². The number of nitrogens with one attached hydrogen (secondary N) is 1. The van der Waals surface area contributed by atoms with Crippen molar-refractivity contribution in [2.45, 2.75) is 6.10 Å². The van der Waals surface area contributed by atoms with Gasteiger partial charge in [-0.15, -0.1) is 0 Å². The Morgan fingerprint density at radius 2 is 2.25 bits per heavy atom. The fourth-order valence-electron chi connectivity index (χ4n) is 1.40. The van der Waals surface area contributed by atoms with Crippen LogP contribution in [0.15, 0.2) is 10.5 Å². The summed E-state index contributed by atoms with van der Waals surface area (Å²) >= 11 is 3.10. The summed E-state index contributed by atoms with van der Waals surface area (Å²) < 4.78 is 18.7. The molecule has 90 valence electrons. The Balaban J connectivity index is 3.27. The molecular weight excluding hydrogens is 281 g/mol. The molecular formula is C10H13BrFNO3. The number of benzene rings is 1. The van der Waals surface area contributed by atoms with Gasteiger partial charge in [0.2, 0.25) is 0 Å². The monoisotopic (exact) mass is 293 g/mol. The molecule has 1 atom stereocenters. The third kappa shape index (κ3) is 2.45. The number of hydrogen-bond acceptors (Lipinski definition) is 4. The lowest BCUT2D eigenvalue weighted by atomic mass is 10.1. The van der Waals surface area contributed by atoms with Gasteiger partial charge in [0.1, 0.15) is 5.82 Å². The predicted octanol–water partition coefficient (Wildman–Crippen LogP) is 1.56. The van der Waals surface area contributed by atoms with E-state index in [1.807, 2.05) is 0 Å². The molecule has 6 heteroatoms. The number of ether oxygens (including phenoxy) is 1. The average Bonchev–Trinajstić information content (AvgIpc) is 2.17. The molecule has 0 aromatic heterocycles. The summed E-state index contributed by atoms with van der Waals surface area (Å²) in [6.07, 6.45) is -1.02. The van der Waals surface area contributed by atoms with E-state index in [0.717, 1.165) is 6.07 Å². The number of rotatable bonds is 4. The highest BCUT2D eigenvalue weighted by Gasteiger charge is 2.22. The van der Waals surface area contributed by atoms with E-state index in [1.54, 1.807) is 7.05 Å². The van der Waals surface area contributed by atoms with E-state index in [1.165, 1.54) is 7.11 Å². The van der Waals surface area contributed by atoms with Crippen LogP contribution >= 0.6 is 15.9 Å². The fourth-order valence-corrected chi connectivity index (χ4v) is 2.22. The van der Waals surface area contributed by atoms with Crippen molar-refractivity contribution < 1.29 is 19.3 Å². The van der Waals surface area contributed by atoms with Crippen LogP contribution < -0.4 is 10.1 Å². The van der Waals surface area contributed by atoms with Gasteiger partial charge in [0.15, 0.2) is 11.5 Å². The van der Waals surface area contributed by atoms with Gasteiger partial charge in [-0.3, -0.25) is 0 Å².